The first-order valence-corrected chi connectivity index (χ1v) is 18.4. The summed E-state index contributed by atoms with van der Waals surface area (Å²) in [7, 11) is -6.61. The fourth-order valence-electron chi connectivity index (χ4n) is 6.49. The van der Waals surface area contributed by atoms with E-state index in [1.807, 2.05) is 0 Å². The standard InChI is InChI=1S/C29H42FN5O5S2/c1-21(2)42(38,39)33-25-14-24(30)8-9-26(25)40-27-15-31-20-32-28(27)35-18-29(19-35)10-12-34(13-11-29)16-22-4-6-23(7-5-22)17-41(3,36)37/h8-9,14-15,20-23,33H,4-7,10-13,16-19H2,1-3H3. The van der Waals surface area contributed by atoms with Gasteiger partial charge < -0.3 is 14.5 Å². The summed E-state index contributed by atoms with van der Waals surface area (Å²) in [5.74, 6) is 1.89. The van der Waals surface area contributed by atoms with Gasteiger partial charge in [-0.2, -0.15) is 0 Å². The molecule has 10 nitrogen and oxygen atoms in total. The molecule has 3 aliphatic rings. The van der Waals surface area contributed by atoms with E-state index >= 15 is 0 Å². The minimum atomic E-state index is -3.71. The first-order valence-electron chi connectivity index (χ1n) is 14.7. The lowest BCUT2D eigenvalue weighted by atomic mass is 9.71. The van der Waals surface area contributed by atoms with Gasteiger partial charge in [0.25, 0.3) is 0 Å². The fourth-order valence-corrected chi connectivity index (χ4v) is 8.39. The molecule has 1 aromatic carbocycles. The van der Waals surface area contributed by atoms with Crippen molar-refractivity contribution in [1.29, 1.82) is 0 Å². The highest BCUT2D eigenvalue weighted by Crippen LogP contribution is 2.45. The number of rotatable bonds is 10. The van der Waals surface area contributed by atoms with E-state index in [0.717, 1.165) is 77.3 Å². The van der Waals surface area contributed by atoms with Crippen LogP contribution >= 0.6 is 0 Å². The summed E-state index contributed by atoms with van der Waals surface area (Å²) >= 11 is 0. The molecule has 1 N–H and O–H groups in total. The molecule has 0 unspecified atom stereocenters. The first-order chi connectivity index (χ1) is 19.8. The van der Waals surface area contributed by atoms with Crippen LogP contribution in [0, 0.1) is 23.1 Å². The highest BCUT2D eigenvalue weighted by molar-refractivity contribution is 7.93. The van der Waals surface area contributed by atoms with Gasteiger partial charge in [0.15, 0.2) is 17.3 Å². The van der Waals surface area contributed by atoms with Gasteiger partial charge in [-0.25, -0.2) is 31.2 Å². The number of sulfone groups is 1. The molecule has 1 spiro atoms. The number of piperidine rings is 1. The van der Waals surface area contributed by atoms with Gasteiger partial charge in [-0.3, -0.25) is 4.72 Å². The minimum Gasteiger partial charge on any atom is -0.450 e. The van der Waals surface area contributed by atoms with Crippen LogP contribution in [0.2, 0.25) is 0 Å². The molecule has 2 aromatic rings. The van der Waals surface area contributed by atoms with Crippen molar-refractivity contribution in [3.8, 4) is 11.5 Å². The van der Waals surface area contributed by atoms with E-state index in [1.165, 1.54) is 24.7 Å². The number of nitrogens with zero attached hydrogens (tertiary/aromatic N) is 4. The Bertz CT molecular complexity index is 1460. The third kappa shape index (κ3) is 7.52. The third-order valence-electron chi connectivity index (χ3n) is 8.98. The largest absolute Gasteiger partial charge is 0.450 e. The van der Waals surface area contributed by atoms with Gasteiger partial charge in [0.2, 0.25) is 10.0 Å². The molecule has 13 heteroatoms. The minimum absolute atomic E-state index is 0.0230. The van der Waals surface area contributed by atoms with Crippen LogP contribution in [0.3, 0.4) is 0 Å². The molecule has 0 atom stereocenters. The van der Waals surface area contributed by atoms with Crippen LogP contribution in [0.25, 0.3) is 0 Å². The lowest BCUT2D eigenvalue weighted by molar-refractivity contribution is 0.0609. The quantitative estimate of drug-likeness (QED) is 0.413. The number of hydrogen-bond acceptors (Lipinski definition) is 9. The molecule has 42 heavy (non-hydrogen) atoms. The summed E-state index contributed by atoms with van der Waals surface area (Å²) in [5.41, 5.74) is 0.245. The normalized spacial score (nSPS) is 23.1. The molecule has 3 heterocycles. The number of aromatic nitrogens is 2. The average Bonchev–Trinajstić information content (AvgIpc) is 2.90. The van der Waals surface area contributed by atoms with Crippen molar-refractivity contribution in [1.82, 2.24) is 14.9 Å². The van der Waals surface area contributed by atoms with Crippen LogP contribution in [0.5, 0.6) is 11.5 Å². The van der Waals surface area contributed by atoms with Gasteiger partial charge in [0.1, 0.15) is 22.0 Å². The molecule has 1 saturated carbocycles. The summed E-state index contributed by atoms with van der Waals surface area (Å²) in [6.07, 6.45) is 10.8. The maximum atomic E-state index is 14.0. The molecule has 2 aliphatic heterocycles. The Morgan fingerprint density at radius 3 is 2.36 bits per heavy atom. The fraction of sp³-hybridized carbons (Fsp3) is 0.655. The third-order valence-corrected chi connectivity index (χ3v) is 11.8. The van der Waals surface area contributed by atoms with Crippen LogP contribution in [0.4, 0.5) is 15.9 Å². The maximum Gasteiger partial charge on any atom is 0.235 e. The van der Waals surface area contributed by atoms with E-state index in [-0.39, 0.29) is 16.9 Å². The number of halogens is 1. The van der Waals surface area contributed by atoms with E-state index in [2.05, 4.69) is 24.5 Å². The summed E-state index contributed by atoms with van der Waals surface area (Å²) in [6, 6.07) is 3.72. The molecular formula is C29H42FN5O5S2. The lowest BCUT2D eigenvalue weighted by Gasteiger charge is -2.54. The number of benzene rings is 1. The van der Waals surface area contributed by atoms with Crippen LogP contribution in [-0.2, 0) is 19.9 Å². The van der Waals surface area contributed by atoms with E-state index in [0.29, 0.717) is 29.2 Å². The second-order valence-electron chi connectivity index (χ2n) is 12.8. The predicted octanol–water partition coefficient (Wildman–Crippen LogP) is 4.31. The molecule has 0 amide bonds. The molecule has 3 fully saturated rings. The Hall–Kier alpha value is -2.51. The van der Waals surface area contributed by atoms with Gasteiger partial charge in [0.05, 0.1) is 22.9 Å². The molecule has 2 saturated heterocycles. The lowest BCUT2D eigenvalue weighted by Crippen LogP contribution is -2.61. The van der Waals surface area contributed by atoms with Crippen molar-refractivity contribution >= 4 is 31.4 Å². The van der Waals surface area contributed by atoms with Crippen molar-refractivity contribution in [2.75, 3.05) is 54.4 Å². The monoisotopic (exact) mass is 623 g/mol. The molecule has 1 aliphatic carbocycles. The maximum absolute atomic E-state index is 14.0. The van der Waals surface area contributed by atoms with E-state index in [9.17, 15) is 21.2 Å². The Morgan fingerprint density at radius 2 is 1.71 bits per heavy atom. The van der Waals surface area contributed by atoms with Crippen LogP contribution in [-0.4, -0.2) is 81.7 Å². The van der Waals surface area contributed by atoms with Gasteiger partial charge in [-0.05, 0) is 89.4 Å². The van der Waals surface area contributed by atoms with Gasteiger partial charge in [-0.15, -0.1) is 0 Å². The zero-order valence-electron chi connectivity index (χ0n) is 24.6. The Kier molecular flexibility index (Phi) is 9.01. The summed E-state index contributed by atoms with van der Waals surface area (Å²) < 4.78 is 70.7. The molecule has 0 radical (unpaired) electrons. The van der Waals surface area contributed by atoms with Gasteiger partial charge >= 0.3 is 0 Å². The van der Waals surface area contributed by atoms with Crippen LogP contribution in [0.1, 0.15) is 52.4 Å². The van der Waals surface area contributed by atoms with E-state index < -0.39 is 30.9 Å². The van der Waals surface area contributed by atoms with E-state index in [1.54, 1.807) is 20.0 Å². The second kappa shape index (κ2) is 12.2. The van der Waals surface area contributed by atoms with Gasteiger partial charge in [-0.1, -0.05) is 0 Å². The highest BCUT2D eigenvalue weighted by Gasteiger charge is 2.46. The van der Waals surface area contributed by atoms with Crippen molar-refractivity contribution in [2.24, 2.45) is 17.3 Å². The predicted molar refractivity (Wildman–Crippen MR) is 162 cm³/mol. The highest BCUT2D eigenvalue weighted by atomic mass is 32.2. The number of hydrogen-bond donors (Lipinski definition) is 1. The number of nitrogens with one attached hydrogen (secondary N) is 1. The topological polar surface area (TPSA) is 122 Å². The van der Waals surface area contributed by atoms with Crippen molar-refractivity contribution in [3.63, 3.8) is 0 Å². The van der Waals surface area contributed by atoms with Crippen molar-refractivity contribution in [3.05, 3.63) is 36.5 Å². The first kappa shape index (κ1) is 30.9. The summed E-state index contributed by atoms with van der Waals surface area (Å²) in [6.45, 7) is 7.99. The van der Waals surface area contributed by atoms with Crippen molar-refractivity contribution in [2.45, 2.75) is 57.6 Å². The zero-order chi connectivity index (χ0) is 30.1. The molecule has 1 aromatic heterocycles. The SMILES string of the molecule is CC(C)S(=O)(=O)Nc1cc(F)ccc1Oc1cncnc1N1CC2(CCN(CC3CCC(CS(C)(=O)=O)CC3)CC2)C1. The number of sulfonamides is 1. The Morgan fingerprint density at radius 1 is 1.05 bits per heavy atom. The van der Waals surface area contributed by atoms with Crippen LogP contribution in [0.15, 0.2) is 30.7 Å². The number of likely N-dealkylation sites (tertiary alicyclic amines) is 1. The molecule has 5 rings (SSSR count). The number of ether oxygens (including phenoxy) is 1. The second-order valence-corrected chi connectivity index (χ2v) is 17.2. The van der Waals surface area contributed by atoms with Crippen LogP contribution < -0.4 is 14.4 Å². The Balaban J connectivity index is 1.16. The van der Waals surface area contributed by atoms with Gasteiger partial charge in [0, 0.05) is 37.4 Å². The summed E-state index contributed by atoms with van der Waals surface area (Å²) in [4.78, 5) is 13.3. The molecule has 232 valence electrons. The number of anilines is 2. The van der Waals surface area contributed by atoms with E-state index in [4.69, 9.17) is 4.74 Å². The average molecular weight is 624 g/mol. The molecule has 0 bridgehead atoms. The van der Waals surface area contributed by atoms with Crippen molar-refractivity contribution < 1.29 is 26.0 Å². The smallest absolute Gasteiger partial charge is 0.235 e. The zero-order valence-corrected chi connectivity index (χ0v) is 26.3. The molecular weight excluding hydrogens is 581 g/mol. The summed E-state index contributed by atoms with van der Waals surface area (Å²) in [5, 5.41) is -0.699. The Labute approximate surface area is 249 Å².